The molecule has 34 heavy (non-hydrogen) atoms. The van der Waals surface area contributed by atoms with Crippen LogP contribution in [0.15, 0.2) is 67.1 Å². The van der Waals surface area contributed by atoms with Gasteiger partial charge in [-0.15, -0.1) is 0 Å². The molecule has 2 amide bonds. The molecular weight excluding hydrogens is 426 g/mol. The van der Waals surface area contributed by atoms with Crippen LogP contribution in [0.2, 0.25) is 0 Å². The van der Waals surface area contributed by atoms with Gasteiger partial charge in [0, 0.05) is 63.6 Å². The third-order valence-electron chi connectivity index (χ3n) is 6.47. The van der Waals surface area contributed by atoms with Crippen molar-refractivity contribution in [2.45, 2.75) is 31.7 Å². The monoisotopic (exact) mass is 457 g/mol. The lowest BCUT2D eigenvalue weighted by molar-refractivity contribution is -0.136. The van der Waals surface area contributed by atoms with Gasteiger partial charge in [-0.25, -0.2) is 0 Å². The normalized spacial score (nSPS) is 17.8. The first-order valence-corrected chi connectivity index (χ1v) is 11.6. The van der Waals surface area contributed by atoms with Gasteiger partial charge in [-0.3, -0.25) is 19.6 Å². The highest BCUT2D eigenvalue weighted by molar-refractivity contribution is 5.96. The summed E-state index contributed by atoms with van der Waals surface area (Å²) in [6, 6.07) is 15.3. The largest absolute Gasteiger partial charge is 0.381 e. The van der Waals surface area contributed by atoms with Gasteiger partial charge in [-0.2, -0.15) is 0 Å². The van der Waals surface area contributed by atoms with Crippen LogP contribution in [0.5, 0.6) is 0 Å². The number of carbonyl (C=O) groups is 2. The molecule has 0 aliphatic carbocycles. The van der Waals surface area contributed by atoms with Gasteiger partial charge in [0.2, 0.25) is 5.91 Å². The maximum Gasteiger partial charge on any atom is 0.253 e. The summed E-state index contributed by atoms with van der Waals surface area (Å²) in [6.07, 6.45) is 6.64. The molecule has 7 nitrogen and oxygen atoms in total. The molecule has 1 atom stereocenters. The Balaban J connectivity index is 1.58. The highest BCUT2D eigenvalue weighted by Gasteiger charge is 2.46. The Morgan fingerprint density at radius 2 is 1.88 bits per heavy atom. The number of likely N-dealkylation sites (N-methyl/N-ethyl adjacent to an activating group) is 1. The molecule has 7 heteroatoms. The number of rotatable bonds is 6. The maximum absolute atomic E-state index is 13.6. The summed E-state index contributed by atoms with van der Waals surface area (Å²) in [7, 11) is 3.52. The van der Waals surface area contributed by atoms with Crippen molar-refractivity contribution < 1.29 is 9.59 Å². The predicted molar refractivity (Wildman–Crippen MR) is 132 cm³/mol. The predicted octanol–water partition coefficient (Wildman–Crippen LogP) is 3.66. The Hall–Kier alpha value is -3.74. The van der Waals surface area contributed by atoms with Crippen LogP contribution in [-0.2, 0) is 16.8 Å². The highest BCUT2D eigenvalue weighted by atomic mass is 16.2. The summed E-state index contributed by atoms with van der Waals surface area (Å²) in [5.74, 6) is -0.0918. The minimum atomic E-state index is -0.841. The van der Waals surface area contributed by atoms with Gasteiger partial charge in [0.25, 0.3) is 5.91 Å². The van der Waals surface area contributed by atoms with E-state index >= 15 is 0 Å². The zero-order valence-corrected chi connectivity index (χ0v) is 20.0. The number of anilines is 1. The molecule has 1 saturated heterocycles. The molecule has 0 bridgehead atoms. The molecule has 1 N–H and O–H groups in total. The second-order valence-electron chi connectivity index (χ2n) is 9.07. The van der Waals surface area contributed by atoms with E-state index in [0.717, 1.165) is 28.9 Å². The second kappa shape index (κ2) is 10.0. The summed E-state index contributed by atoms with van der Waals surface area (Å²) in [5.41, 5.74) is 3.58. The van der Waals surface area contributed by atoms with Gasteiger partial charge in [0.15, 0.2) is 0 Å². The number of amides is 2. The van der Waals surface area contributed by atoms with Crippen molar-refractivity contribution in [2.75, 3.05) is 32.5 Å². The van der Waals surface area contributed by atoms with Crippen LogP contribution in [0.3, 0.4) is 0 Å². The number of carbonyl (C=O) groups excluding carboxylic acids is 2. The van der Waals surface area contributed by atoms with Crippen molar-refractivity contribution in [3.63, 3.8) is 0 Å². The van der Waals surface area contributed by atoms with Crippen LogP contribution >= 0.6 is 0 Å². The van der Waals surface area contributed by atoms with Crippen molar-refractivity contribution in [1.29, 1.82) is 0 Å². The molecule has 1 aliphatic heterocycles. The van der Waals surface area contributed by atoms with Crippen LogP contribution in [0.25, 0.3) is 0 Å². The van der Waals surface area contributed by atoms with Gasteiger partial charge in [0.05, 0.1) is 5.69 Å². The number of aryl methyl sites for hydroxylation is 1. The van der Waals surface area contributed by atoms with Gasteiger partial charge in [-0.05, 0) is 67.3 Å². The van der Waals surface area contributed by atoms with Crippen molar-refractivity contribution in [3.05, 3.63) is 89.5 Å². The van der Waals surface area contributed by atoms with E-state index in [2.05, 4.69) is 15.3 Å². The highest BCUT2D eigenvalue weighted by Crippen LogP contribution is 2.35. The number of aromatic nitrogens is 2. The SMILES string of the molecule is Cc1ccc(C(=O)N2CCC[C@@](C(=O)N(C)C)(c3ccccn3)C2)cc1NCc1ccncc1. The third kappa shape index (κ3) is 4.78. The van der Waals surface area contributed by atoms with E-state index in [-0.39, 0.29) is 11.8 Å². The van der Waals surface area contributed by atoms with E-state index in [1.165, 1.54) is 0 Å². The maximum atomic E-state index is 13.6. The van der Waals surface area contributed by atoms with E-state index < -0.39 is 5.41 Å². The molecule has 1 fully saturated rings. The molecule has 0 spiro atoms. The number of piperidine rings is 1. The number of nitrogens with one attached hydrogen (secondary N) is 1. The summed E-state index contributed by atoms with van der Waals surface area (Å²) in [4.78, 5) is 39.0. The fourth-order valence-electron chi connectivity index (χ4n) is 4.62. The number of pyridine rings is 2. The lowest BCUT2D eigenvalue weighted by Crippen LogP contribution is -2.56. The van der Waals surface area contributed by atoms with Gasteiger partial charge >= 0.3 is 0 Å². The average molecular weight is 458 g/mol. The van der Waals surface area contributed by atoms with Gasteiger partial charge in [0.1, 0.15) is 5.41 Å². The molecule has 4 rings (SSSR count). The first kappa shape index (κ1) is 23.4. The molecule has 0 radical (unpaired) electrons. The fourth-order valence-corrected chi connectivity index (χ4v) is 4.62. The summed E-state index contributed by atoms with van der Waals surface area (Å²) in [5, 5.41) is 3.43. The summed E-state index contributed by atoms with van der Waals surface area (Å²) in [6.45, 7) is 3.59. The van der Waals surface area contributed by atoms with Gasteiger partial charge in [-0.1, -0.05) is 12.1 Å². The van der Waals surface area contributed by atoms with E-state index in [0.29, 0.717) is 31.6 Å². The van der Waals surface area contributed by atoms with E-state index in [1.54, 1.807) is 42.5 Å². The second-order valence-corrected chi connectivity index (χ2v) is 9.07. The Bertz CT molecular complexity index is 1150. The Morgan fingerprint density at radius 3 is 2.59 bits per heavy atom. The molecule has 0 saturated carbocycles. The molecule has 3 aromatic rings. The first-order chi connectivity index (χ1) is 16.4. The zero-order chi connectivity index (χ0) is 24.1. The third-order valence-corrected chi connectivity index (χ3v) is 6.47. The topological polar surface area (TPSA) is 78.4 Å². The fraction of sp³-hybridized carbons (Fsp3) is 0.333. The standard InChI is InChI=1S/C27H31N5O2/c1-20-8-9-22(17-23(20)30-18-21-10-14-28-15-11-21)25(33)32-16-6-12-27(19-32,26(34)31(2)3)24-7-4-5-13-29-24/h4-5,7-11,13-15,17,30H,6,12,16,18-19H2,1-3H3/t27-/m0/s1. The van der Waals surface area contributed by atoms with Crippen LogP contribution in [0.1, 0.15) is 40.0 Å². The molecule has 3 heterocycles. The molecule has 176 valence electrons. The average Bonchev–Trinajstić information content (AvgIpc) is 2.88. The van der Waals surface area contributed by atoms with Crippen LogP contribution in [0, 0.1) is 6.92 Å². The quantitative estimate of drug-likeness (QED) is 0.611. The Morgan fingerprint density at radius 1 is 1.09 bits per heavy atom. The summed E-state index contributed by atoms with van der Waals surface area (Å²) < 4.78 is 0. The Labute approximate surface area is 200 Å². The molecule has 1 aromatic carbocycles. The van der Waals surface area contributed by atoms with Gasteiger partial charge < -0.3 is 15.1 Å². The van der Waals surface area contributed by atoms with Crippen LogP contribution < -0.4 is 5.32 Å². The van der Waals surface area contributed by atoms with E-state index in [4.69, 9.17) is 0 Å². The molecule has 0 unspecified atom stereocenters. The van der Waals surface area contributed by atoms with E-state index in [9.17, 15) is 9.59 Å². The molecular formula is C27H31N5O2. The van der Waals surface area contributed by atoms with Crippen molar-refractivity contribution >= 4 is 17.5 Å². The minimum Gasteiger partial charge on any atom is -0.381 e. The molecule has 2 aromatic heterocycles. The van der Waals surface area contributed by atoms with Crippen molar-refractivity contribution in [3.8, 4) is 0 Å². The minimum absolute atomic E-state index is 0.0210. The van der Waals surface area contributed by atoms with Crippen molar-refractivity contribution in [2.24, 2.45) is 0 Å². The Kier molecular flexibility index (Phi) is 6.91. The zero-order valence-electron chi connectivity index (χ0n) is 20.0. The van der Waals surface area contributed by atoms with E-state index in [1.807, 2.05) is 55.5 Å². The summed E-state index contributed by atoms with van der Waals surface area (Å²) >= 11 is 0. The lowest BCUT2D eigenvalue weighted by Gasteiger charge is -2.42. The lowest BCUT2D eigenvalue weighted by atomic mass is 9.75. The number of hydrogen-bond donors (Lipinski definition) is 1. The first-order valence-electron chi connectivity index (χ1n) is 11.6. The van der Waals surface area contributed by atoms with Crippen molar-refractivity contribution in [1.82, 2.24) is 19.8 Å². The number of likely N-dealkylation sites (tertiary alicyclic amines) is 1. The number of hydrogen-bond acceptors (Lipinski definition) is 5. The molecule has 1 aliphatic rings. The number of nitrogens with zero attached hydrogens (tertiary/aromatic N) is 4. The smallest absolute Gasteiger partial charge is 0.253 e. The van der Waals surface area contributed by atoms with Crippen LogP contribution in [-0.4, -0.2) is 58.8 Å². The van der Waals surface area contributed by atoms with Crippen LogP contribution in [0.4, 0.5) is 5.69 Å². The number of benzene rings is 1.